The van der Waals surface area contributed by atoms with Gasteiger partial charge in [0.25, 0.3) is 0 Å². The summed E-state index contributed by atoms with van der Waals surface area (Å²) >= 11 is 0. The molecule has 1 atom stereocenters. The van der Waals surface area contributed by atoms with E-state index < -0.39 is 0 Å². The van der Waals surface area contributed by atoms with Crippen molar-refractivity contribution in [3.8, 4) is 0 Å². The minimum Gasteiger partial charge on any atom is -0.468 e. The Balaban J connectivity index is 2.02. The van der Waals surface area contributed by atoms with Gasteiger partial charge in [0, 0.05) is 0 Å². The third kappa shape index (κ3) is 0.820. The Labute approximate surface area is 71.4 Å². The van der Waals surface area contributed by atoms with E-state index in [9.17, 15) is 4.79 Å². The number of nitrogens with one attached hydrogen (secondary N) is 1. The molecule has 1 unspecified atom stereocenters. The predicted octanol–water partition coefficient (Wildman–Crippen LogP) is -0.209. The van der Waals surface area contributed by atoms with Crippen molar-refractivity contribution in [2.75, 3.05) is 7.11 Å². The highest BCUT2D eigenvalue weighted by Crippen LogP contribution is 2.66. The highest BCUT2D eigenvalue weighted by atomic mass is 16.5. The second-order valence-electron chi connectivity index (χ2n) is 3.96. The lowest BCUT2D eigenvalue weighted by Gasteiger charge is -2.64. The molecule has 0 aromatic rings. The van der Waals surface area contributed by atoms with Crippen LogP contribution in [0.5, 0.6) is 0 Å². The molecule has 3 saturated carbocycles. The normalized spacial score (nSPS) is 39.3. The zero-order chi connectivity index (χ0) is 8.77. The van der Waals surface area contributed by atoms with Gasteiger partial charge in [-0.15, -0.1) is 0 Å². The van der Waals surface area contributed by atoms with Crippen LogP contribution < -0.4 is 11.3 Å². The van der Waals surface area contributed by atoms with Gasteiger partial charge in [-0.25, -0.2) is 5.43 Å². The van der Waals surface area contributed by atoms with E-state index in [2.05, 4.69) is 10.2 Å². The quantitative estimate of drug-likeness (QED) is 0.349. The number of nitrogens with two attached hydrogens (primary N) is 1. The van der Waals surface area contributed by atoms with Crippen LogP contribution in [0.4, 0.5) is 0 Å². The van der Waals surface area contributed by atoms with E-state index >= 15 is 0 Å². The third-order valence-corrected chi connectivity index (χ3v) is 3.30. The SMILES string of the molecule is COC(=O)C(NN)C12CC(C1)C2. The number of hydrogen-bond acceptors (Lipinski definition) is 4. The highest BCUT2D eigenvalue weighted by molar-refractivity contribution is 5.77. The average molecular weight is 170 g/mol. The number of esters is 1. The van der Waals surface area contributed by atoms with Crippen LogP contribution in [-0.4, -0.2) is 19.1 Å². The fourth-order valence-corrected chi connectivity index (χ4v) is 2.51. The number of methoxy groups -OCH3 is 1. The molecule has 3 N–H and O–H groups in total. The van der Waals surface area contributed by atoms with Gasteiger partial charge >= 0.3 is 5.97 Å². The summed E-state index contributed by atoms with van der Waals surface area (Å²) in [6.45, 7) is 0. The summed E-state index contributed by atoms with van der Waals surface area (Å²) in [4.78, 5) is 11.2. The Morgan fingerprint density at radius 1 is 1.67 bits per heavy atom. The molecule has 3 aliphatic rings. The molecule has 4 nitrogen and oxygen atoms in total. The zero-order valence-corrected chi connectivity index (χ0v) is 7.17. The standard InChI is InChI=1S/C8H14N2O2/c1-12-7(11)6(10-9)8-2-5(3-8)4-8/h5-6,10H,2-4,9H2,1H3. The predicted molar refractivity (Wildman–Crippen MR) is 42.9 cm³/mol. The van der Waals surface area contributed by atoms with Gasteiger partial charge < -0.3 is 4.74 Å². The van der Waals surface area contributed by atoms with Gasteiger partial charge in [0.1, 0.15) is 6.04 Å². The maximum atomic E-state index is 11.2. The van der Waals surface area contributed by atoms with Crippen LogP contribution in [0.25, 0.3) is 0 Å². The van der Waals surface area contributed by atoms with Crippen molar-refractivity contribution in [2.45, 2.75) is 25.3 Å². The second kappa shape index (κ2) is 2.44. The van der Waals surface area contributed by atoms with Crippen LogP contribution in [0.2, 0.25) is 0 Å². The summed E-state index contributed by atoms with van der Waals surface area (Å²) < 4.78 is 4.67. The van der Waals surface area contributed by atoms with E-state index in [1.54, 1.807) is 0 Å². The molecule has 0 spiro atoms. The lowest BCUT2D eigenvalue weighted by atomic mass is 9.42. The molecule has 0 aliphatic heterocycles. The summed E-state index contributed by atoms with van der Waals surface area (Å²) in [5.41, 5.74) is 2.70. The summed E-state index contributed by atoms with van der Waals surface area (Å²) in [5.74, 6) is 5.94. The molecule has 0 aromatic carbocycles. The second-order valence-corrected chi connectivity index (χ2v) is 3.96. The van der Waals surface area contributed by atoms with Crippen molar-refractivity contribution in [2.24, 2.45) is 17.2 Å². The fourth-order valence-electron chi connectivity index (χ4n) is 2.51. The minimum absolute atomic E-state index is 0.145. The summed E-state index contributed by atoms with van der Waals surface area (Å²) in [5, 5.41) is 0. The van der Waals surface area contributed by atoms with Gasteiger partial charge in [0.2, 0.25) is 0 Å². The van der Waals surface area contributed by atoms with Crippen LogP contribution in [0.15, 0.2) is 0 Å². The Morgan fingerprint density at radius 2 is 2.25 bits per heavy atom. The molecule has 3 rings (SSSR count). The van der Waals surface area contributed by atoms with E-state index in [4.69, 9.17) is 5.84 Å². The van der Waals surface area contributed by atoms with E-state index in [1.165, 1.54) is 7.11 Å². The monoisotopic (exact) mass is 170 g/mol. The van der Waals surface area contributed by atoms with E-state index in [0.29, 0.717) is 0 Å². The van der Waals surface area contributed by atoms with Gasteiger partial charge in [-0.2, -0.15) is 0 Å². The Hall–Kier alpha value is -0.610. The van der Waals surface area contributed by atoms with Gasteiger partial charge in [0.15, 0.2) is 0 Å². The first-order chi connectivity index (χ1) is 5.72. The largest absolute Gasteiger partial charge is 0.468 e. The van der Waals surface area contributed by atoms with E-state index in [1.807, 2.05) is 0 Å². The zero-order valence-electron chi connectivity index (χ0n) is 7.17. The van der Waals surface area contributed by atoms with Crippen molar-refractivity contribution >= 4 is 5.97 Å². The average Bonchev–Trinajstić information content (AvgIpc) is 1.92. The Bertz CT molecular complexity index is 200. The molecular weight excluding hydrogens is 156 g/mol. The molecule has 2 bridgehead atoms. The third-order valence-electron chi connectivity index (χ3n) is 3.30. The van der Waals surface area contributed by atoms with Gasteiger partial charge in [-0.05, 0) is 30.6 Å². The summed E-state index contributed by atoms with van der Waals surface area (Å²) in [6.07, 6.45) is 3.41. The van der Waals surface area contributed by atoms with Crippen molar-refractivity contribution < 1.29 is 9.53 Å². The number of carbonyl (C=O) groups excluding carboxylic acids is 1. The number of ether oxygens (including phenoxy) is 1. The first-order valence-electron chi connectivity index (χ1n) is 4.26. The van der Waals surface area contributed by atoms with Crippen molar-refractivity contribution in [3.05, 3.63) is 0 Å². The Morgan fingerprint density at radius 3 is 2.50 bits per heavy atom. The Kier molecular flexibility index (Phi) is 1.63. The smallest absolute Gasteiger partial charge is 0.324 e. The first kappa shape index (κ1) is 8.01. The molecule has 12 heavy (non-hydrogen) atoms. The van der Waals surface area contributed by atoms with Gasteiger partial charge in [0.05, 0.1) is 7.11 Å². The van der Waals surface area contributed by atoms with Crippen LogP contribution in [0, 0.1) is 11.3 Å². The molecule has 0 radical (unpaired) electrons. The maximum absolute atomic E-state index is 11.2. The number of carbonyl (C=O) groups is 1. The van der Waals surface area contributed by atoms with Gasteiger partial charge in [-0.1, -0.05) is 0 Å². The fraction of sp³-hybridized carbons (Fsp3) is 0.875. The molecule has 0 saturated heterocycles. The van der Waals surface area contributed by atoms with Crippen LogP contribution >= 0.6 is 0 Å². The lowest BCUT2D eigenvalue weighted by molar-refractivity contribution is -0.172. The molecule has 4 heteroatoms. The lowest BCUT2D eigenvalue weighted by Crippen LogP contribution is -2.66. The van der Waals surface area contributed by atoms with E-state index in [0.717, 1.165) is 25.2 Å². The molecule has 0 heterocycles. The minimum atomic E-state index is -0.285. The molecule has 0 amide bonds. The van der Waals surface area contributed by atoms with Crippen molar-refractivity contribution in [1.29, 1.82) is 0 Å². The van der Waals surface area contributed by atoms with Crippen molar-refractivity contribution in [3.63, 3.8) is 0 Å². The molecule has 3 aliphatic carbocycles. The number of hydrazine groups is 1. The summed E-state index contributed by atoms with van der Waals surface area (Å²) in [6, 6.07) is -0.285. The van der Waals surface area contributed by atoms with Crippen LogP contribution in [0.1, 0.15) is 19.3 Å². The number of hydrogen-bond donors (Lipinski definition) is 2. The molecular formula is C8H14N2O2. The summed E-state index contributed by atoms with van der Waals surface area (Å²) in [7, 11) is 1.40. The van der Waals surface area contributed by atoms with Crippen LogP contribution in [-0.2, 0) is 9.53 Å². The van der Waals surface area contributed by atoms with Crippen LogP contribution in [0.3, 0.4) is 0 Å². The van der Waals surface area contributed by atoms with Gasteiger partial charge in [-0.3, -0.25) is 10.6 Å². The first-order valence-corrected chi connectivity index (χ1v) is 4.26. The number of rotatable bonds is 3. The van der Waals surface area contributed by atoms with Crippen molar-refractivity contribution in [1.82, 2.24) is 5.43 Å². The molecule has 68 valence electrons. The highest BCUT2D eigenvalue weighted by Gasteiger charge is 2.62. The molecule has 3 fully saturated rings. The topological polar surface area (TPSA) is 64.3 Å². The van der Waals surface area contributed by atoms with E-state index in [-0.39, 0.29) is 17.4 Å². The maximum Gasteiger partial charge on any atom is 0.324 e. The molecule has 0 aromatic heterocycles.